The van der Waals surface area contributed by atoms with E-state index >= 15 is 0 Å². The molecule has 14 heavy (non-hydrogen) atoms. The third kappa shape index (κ3) is 2.91. The molecule has 0 spiro atoms. The van der Waals surface area contributed by atoms with E-state index in [1.165, 1.54) is 6.08 Å². The number of hydrogen-bond donors (Lipinski definition) is 2. The summed E-state index contributed by atoms with van der Waals surface area (Å²) in [6, 6.07) is 0. The Morgan fingerprint density at radius 2 is 2.14 bits per heavy atom. The van der Waals surface area contributed by atoms with Crippen molar-refractivity contribution in [3.63, 3.8) is 0 Å². The molecule has 3 nitrogen and oxygen atoms in total. The summed E-state index contributed by atoms with van der Waals surface area (Å²) in [5.74, 6) is -0.478. The van der Waals surface area contributed by atoms with Crippen LogP contribution >= 0.6 is 0 Å². The van der Waals surface area contributed by atoms with Gasteiger partial charge in [-0.1, -0.05) is 19.9 Å². The Kier molecular flexibility index (Phi) is 2.99. The fraction of sp³-hybridized carbons (Fsp3) is 0.545. The second kappa shape index (κ2) is 3.86. The van der Waals surface area contributed by atoms with E-state index in [0.29, 0.717) is 11.1 Å². The van der Waals surface area contributed by atoms with E-state index in [1.807, 2.05) is 0 Å². The van der Waals surface area contributed by atoms with Crippen molar-refractivity contribution < 1.29 is 4.79 Å². The first kappa shape index (κ1) is 10.8. The van der Waals surface area contributed by atoms with Crippen molar-refractivity contribution >= 4 is 5.91 Å². The fourth-order valence-electron chi connectivity index (χ4n) is 1.58. The third-order valence-electron chi connectivity index (χ3n) is 2.64. The lowest BCUT2D eigenvalue weighted by atomic mass is 9.78. The summed E-state index contributed by atoms with van der Waals surface area (Å²) in [7, 11) is 0. The Labute approximate surface area is 84.8 Å². The minimum atomic E-state index is -0.478. The van der Waals surface area contributed by atoms with E-state index in [9.17, 15) is 4.79 Å². The van der Waals surface area contributed by atoms with Crippen LogP contribution in [0.15, 0.2) is 23.4 Å². The van der Waals surface area contributed by atoms with Gasteiger partial charge >= 0.3 is 0 Å². The van der Waals surface area contributed by atoms with Crippen LogP contribution in [0, 0.1) is 5.41 Å². The normalized spacial score (nSPS) is 21.6. The highest BCUT2D eigenvalue weighted by Crippen LogP contribution is 2.35. The number of carbonyl (C=O) groups is 1. The number of hydrogen-bond acceptors (Lipinski definition) is 2. The van der Waals surface area contributed by atoms with Crippen molar-refractivity contribution in [2.45, 2.75) is 33.1 Å². The summed E-state index contributed by atoms with van der Waals surface area (Å²) in [5, 5.41) is 0. The SMILES string of the molecule is CC1(C)CC=C(/C(N)=C/C(N)=O)CC1. The van der Waals surface area contributed by atoms with Crippen LogP contribution in [0.25, 0.3) is 0 Å². The molecule has 78 valence electrons. The first-order valence-electron chi connectivity index (χ1n) is 4.87. The number of nitrogens with two attached hydrogens (primary N) is 2. The number of primary amides is 1. The quantitative estimate of drug-likeness (QED) is 0.653. The van der Waals surface area contributed by atoms with Crippen LogP contribution in [0.4, 0.5) is 0 Å². The van der Waals surface area contributed by atoms with Crippen LogP contribution in [-0.2, 0) is 4.79 Å². The van der Waals surface area contributed by atoms with Gasteiger partial charge in [0.15, 0.2) is 0 Å². The van der Waals surface area contributed by atoms with E-state index in [4.69, 9.17) is 11.5 Å². The predicted molar refractivity (Wildman–Crippen MR) is 57.2 cm³/mol. The Morgan fingerprint density at radius 3 is 2.57 bits per heavy atom. The van der Waals surface area contributed by atoms with Gasteiger partial charge in [-0.3, -0.25) is 4.79 Å². The summed E-state index contributed by atoms with van der Waals surface area (Å²) in [5.41, 5.74) is 12.7. The molecule has 1 amide bonds. The van der Waals surface area contributed by atoms with Crippen LogP contribution in [-0.4, -0.2) is 5.91 Å². The van der Waals surface area contributed by atoms with Crippen LogP contribution in [0.2, 0.25) is 0 Å². The average Bonchev–Trinajstić information content (AvgIpc) is 2.02. The Hall–Kier alpha value is -1.25. The Bertz CT molecular complexity index is 300. The molecule has 0 radical (unpaired) electrons. The minimum Gasteiger partial charge on any atom is -0.398 e. The van der Waals surface area contributed by atoms with Gasteiger partial charge in [-0.05, 0) is 30.3 Å². The molecule has 0 unspecified atom stereocenters. The summed E-state index contributed by atoms with van der Waals surface area (Å²) >= 11 is 0. The van der Waals surface area contributed by atoms with Gasteiger partial charge in [0.05, 0.1) is 0 Å². The highest BCUT2D eigenvalue weighted by atomic mass is 16.1. The van der Waals surface area contributed by atoms with Gasteiger partial charge in [0.2, 0.25) is 5.91 Å². The molecule has 0 heterocycles. The van der Waals surface area contributed by atoms with E-state index in [0.717, 1.165) is 24.8 Å². The highest BCUT2D eigenvalue weighted by Gasteiger charge is 2.21. The first-order valence-corrected chi connectivity index (χ1v) is 4.87. The maximum Gasteiger partial charge on any atom is 0.243 e. The lowest BCUT2D eigenvalue weighted by molar-refractivity contribution is -0.113. The molecule has 0 saturated heterocycles. The van der Waals surface area contributed by atoms with E-state index < -0.39 is 5.91 Å². The molecule has 1 aliphatic carbocycles. The maximum absolute atomic E-state index is 10.6. The van der Waals surface area contributed by atoms with E-state index in [1.54, 1.807) is 0 Å². The van der Waals surface area contributed by atoms with Gasteiger partial charge in [0.1, 0.15) is 0 Å². The molecule has 0 aliphatic heterocycles. The topological polar surface area (TPSA) is 69.1 Å². The van der Waals surface area contributed by atoms with Crippen LogP contribution in [0.5, 0.6) is 0 Å². The fourth-order valence-corrected chi connectivity index (χ4v) is 1.58. The van der Waals surface area contributed by atoms with Gasteiger partial charge in [0, 0.05) is 11.8 Å². The van der Waals surface area contributed by atoms with Crippen molar-refractivity contribution in [3.8, 4) is 0 Å². The van der Waals surface area contributed by atoms with Crippen molar-refractivity contribution in [1.29, 1.82) is 0 Å². The van der Waals surface area contributed by atoms with Crippen molar-refractivity contribution in [2.24, 2.45) is 16.9 Å². The Morgan fingerprint density at radius 1 is 1.50 bits per heavy atom. The van der Waals surface area contributed by atoms with Gasteiger partial charge in [-0.25, -0.2) is 0 Å². The van der Waals surface area contributed by atoms with Gasteiger partial charge in [-0.15, -0.1) is 0 Å². The second-order valence-corrected chi connectivity index (χ2v) is 4.60. The van der Waals surface area contributed by atoms with Crippen molar-refractivity contribution in [3.05, 3.63) is 23.4 Å². The largest absolute Gasteiger partial charge is 0.398 e. The van der Waals surface area contributed by atoms with E-state index in [2.05, 4.69) is 19.9 Å². The van der Waals surface area contributed by atoms with Crippen LogP contribution < -0.4 is 11.5 Å². The number of carbonyl (C=O) groups excluding carboxylic acids is 1. The molecule has 1 rings (SSSR count). The molecular weight excluding hydrogens is 176 g/mol. The molecule has 1 aliphatic rings. The van der Waals surface area contributed by atoms with Crippen LogP contribution in [0.1, 0.15) is 33.1 Å². The zero-order chi connectivity index (χ0) is 10.8. The maximum atomic E-state index is 10.6. The van der Waals surface area contributed by atoms with E-state index in [-0.39, 0.29) is 0 Å². The third-order valence-corrected chi connectivity index (χ3v) is 2.64. The lowest BCUT2D eigenvalue weighted by Crippen LogP contribution is -2.18. The van der Waals surface area contributed by atoms with Gasteiger partial charge < -0.3 is 11.5 Å². The monoisotopic (exact) mass is 194 g/mol. The smallest absolute Gasteiger partial charge is 0.243 e. The molecule has 0 aromatic heterocycles. The molecule has 0 saturated carbocycles. The molecular formula is C11H18N2O. The summed E-state index contributed by atoms with van der Waals surface area (Å²) < 4.78 is 0. The summed E-state index contributed by atoms with van der Waals surface area (Å²) in [6.07, 6.45) is 6.45. The molecule has 0 bridgehead atoms. The number of allylic oxidation sites excluding steroid dienone is 2. The van der Waals surface area contributed by atoms with Gasteiger partial charge in [-0.2, -0.15) is 0 Å². The molecule has 0 aromatic carbocycles. The number of rotatable bonds is 2. The molecule has 4 N–H and O–H groups in total. The molecule has 0 fully saturated rings. The first-order chi connectivity index (χ1) is 6.41. The minimum absolute atomic E-state index is 0.358. The van der Waals surface area contributed by atoms with Gasteiger partial charge in [0.25, 0.3) is 0 Å². The molecule has 0 atom stereocenters. The standard InChI is InChI=1S/C11H18N2O/c1-11(2)5-3-8(4-6-11)9(12)7-10(13)14/h3,7H,4-6,12H2,1-2H3,(H2,13,14)/b9-7-. The average molecular weight is 194 g/mol. The highest BCUT2D eigenvalue weighted by molar-refractivity contribution is 5.87. The number of amides is 1. The predicted octanol–water partition coefficient (Wildman–Crippen LogP) is 1.45. The summed E-state index contributed by atoms with van der Waals surface area (Å²) in [4.78, 5) is 10.6. The second-order valence-electron chi connectivity index (χ2n) is 4.60. The van der Waals surface area contributed by atoms with Crippen LogP contribution in [0.3, 0.4) is 0 Å². The zero-order valence-electron chi connectivity index (χ0n) is 8.84. The zero-order valence-corrected chi connectivity index (χ0v) is 8.84. The lowest BCUT2D eigenvalue weighted by Gasteiger charge is -2.28. The summed E-state index contributed by atoms with van der Waals surface area (Å²) in [6.45, 7) is 4.46. The van der Waals surface area contributed by atoms with Crippen molar-refractivity contribution in [2.75, 3.05) is 0 Å². The molecule has 3 heteroatoms. The molecule has 0 aromatic rings. The Balaban J connectivity index is 2.73. The van der Waals surface area contributed by atoms with Crippen molar-refractivity contribution in [1.82, 2.24) is 0 Å².